The number of piperazine rings is 1. The number of anilines is 2. The standard InChI is InChI=1S/C20H24ClN3S.2CH4O3S/c1-22-11-13-23(14-12-22)9-4-10-24-17-5-2-3-6-19(17)25-20-8-7-16(21)15-18(20)24;2*1-5(2,3)4/h2-3,5-8,15H,4,9-14H2,1H3;2*1H3,(H,2,3,4)/i1D3;;. The van der Waals surface area contributed by atoms with Gasteiger partial charge in [0.1, 0.15) is 0 Å². The number of fused-ring (bicyclic) bond motifs is 2. The molecular weight excluding hydrogens is 534 g/mol. The number of rotatable bonds is 4. The van der Waals surface area contributed by atoms with Crippen molar-refractivity contribution in [2.75, 3.05) is 63.7 Å². The van der Waals surface area contributed by atoms with Gasteiger partial charge < -0.3 is 14.7 Å². The van der Waals surface area contributed by atoms with Crippen molar-refractivity contribution in [3.8, 4) is 0 Å². The molecule has 1 saturated heterocycles. The fourth-order valence-corrected chi connectivity index (χ4v) is 4.71. The van der Waals surface area contributed by atoms with E-state index in [-0.39, 0.29) is 0 Å². The average molecular weight is 569 g/mol. The zero-order chi connectivity index (χ0) is 28.7. The SMILES string of the molecule is CS(=O)(=O)O.CS(=O)(=O)O.[2H]C([2H])([2H])N1CCN(CCCN2c3ccccc3Sc3ccc(Cl)cc32)CC1. The van der Waals surface area contributed by atoms with Crippen LogP contribution in [0.3, 0.4) is 0 Å². The fourth-order valence-electron chi connectivity index (χ4n) is 3.47. The maximum absolute atomic E-state index is 9.19. The molecular formula is C22H32ClN3O6S3. The molecule has 0 saturated carbocycles. The van der Waals surface area contributed by atoms with Gasteiger partial charge in [0.25, 0.3) is 20.2 Å². The third-order valence-corrected chi connectivity index (χ3v) is 6.18. The van der Waals surface area contributed by atoms with E-state index in [0.29, 0.717) is 25.6 Å². The zero-order valence-corrected chi connectivity index (χ0v) is 22.7. The van der Waals surface area contributed by atoms with Crippen LogP contribution in [0.25, 0.3) is 0 Å². The summed E-state index contributed by atoms with van der Waals surface area (Å²) in [5.74, 6) is 0. The molecule has 0 aliphatic carbocycles. The molecule has 0 aromatic heterocycles. The Morgan fingerprint density at radius 2 is 1.49 bits per heavy atom. The fraction of sp³-hybridized carbons (Fsp3) is 0.455. The minimum atomic E-state index is -3.67. The highest BCUT2D eigenvalue weighted by molar-refractivity contribution is 7.99. The van der Waals surface area contributed by atoms with Crippen LogP contribution in [-0.2, 0) is 20.2 Å². The van der Waals surface area contributed by atoms with E-state index in [1.54, 1.807) is 16.7 Å². The molecule has 0 atom stereocenters. The molecule has 4 rings (SSSR count). The Hall–Kier alpha value is -1.38. The van der Waals surface area contributed by atoms with Gasteiger partial charge in [-0.3, -0.25) is 9.11 Å². The van der Waals surface area contributed by atoms with Crippen LogP contribution < -0.4 is 4.90 Å². The Labute approximate surface area is 221 Å². The molecule has 0 spiro atoms. The molecule has 2 N–H and O–H groups in total. The van der Waals surface area contributed by atoms with Crippen molar-refractivity contribution in [3.05, 3.63) is 47.5 Å². The number of para-hydroxylation sites is 1. The summed E-state index contributed by atoms with van der Waals surface area (Å²) in [6, 6.07) is 14.6. The predicted octanol–water partition coefficient (Wildman–Crippen LogP) is 3.59. The summed E-state index contributed by atoms with van der Waals surface area (Å²) < 4.78 is 74.4. The van der Waals surface area contributed by atoms with Crippen LogP contribution in [0.15, 0.2) is 52.3 Å². The molecule has 0 unspecified atom stereocenters. The van der Waals surface area contributed by atoms with E-state index in [1.165, 1.54) is 21.2 Å². The van der Waals surface area contributed by atoms with Crippen molar-refractivity contribution in [1.29, 1.82) is 0 Å². The molecule has 13 heteroatoms. The van der Waals surface area contributed by atoms with E-state index in [1.807, 2.05) is 6.07 Å². The van der Waals surface area contributed by atoms with Gasteiger partial charge in [0, 0.05) is 51.6 Å². The van der Waals surface area contributed by atoms with E-state index in [4.69, 9.17) is 24.8 Å². The maximum atomic E-state index is 9.19. The highest BCUT2D eigenvalue weighted by Gasteiger charge is 2.23. The van der Waals surface area contributed by atoms with Crippen molar-refractivity contribution < 1.29 is 30.1 Å². The van der Waals surface area contributed by atoms with E-state index >= 15 is 0 Å². The summed E-state index contributed by atoms with van der Waals surface area (Å²) in [6.45, 7) is 2.75. The molecule has 0 radical (unpaired) electrons. The van der Waals surface area contributed by atoms with Crippen molar-refractivity contribution in [2.24, 2.45) is 0 Å². The van der Waals surface area contributed by atoms with Crippen molar-refractivity contribution in [2.45, 2.75) is 16.2 Å². The van der Waals surface area contributed by atoms with Gasteiger partial charge in [-0.1, -0.05) is 35.5 Å². The van der Waals surface area contributed by atoms with Gasteiger partial charge >= 0.3 is 0 Å². The first-order chi connectivity index (χ1) is 17.4. The summed E-state index contributed by atoms with van der Waals surface area (Å²) in [5.41, 5.74) is 2.40. The molecule has 2 aromatic rings. The highest BCUT2D eigenvalue weighted by Crippen LogP contribution is 2.48. The third kappa shape index (κ3) is 11.9. The molecule has 9 nitrogen and oxygen atoms in total. The number of benzene rings is 2. The van der Waals surface area contributed by atoms with Gasteiger partial charge in [0.15, 0.2) is 0 Å². The first-order valence-corrected chi connectivity index (χ1v) is 15.5. The molecule has 2 heterocycles. The minimum absolute atomic E-state index is 0.609. The molecule has 1 fully saturated rings. The summed E-state index contributed by atoms with van der Waals surface area (Å²) in [6.07, 6.45) is 2.44. The minimum Gasteiger partial charge on any atom is -0.340 e. The largest absolute Gasteiger partial charge is 0.340 e. The van der Waals surface area contributed by atoms with Crippen LogP contribution in [0.5, 0.6) is 0 Å². The second-order valence-corrected chi connectivity index (χ2v) is 12.4. The molecule has 2 aliphatic rings. The molecule has 2 aromatic carbocycles. The molecule has 0 amide bonds. The number of likely N-dealkylation sites (N-methyl/N-ethyl adjacent to an activating group) is 1. The summed E-state index contributed by atoms with van der Waals surface area (Å²) >= 11 is 8.07. The number of hydrogen-bond donors (Lipinski definition) is 2. The first-order valence-electron chi connectivity index (χ1n) is 12.1. The van der Waals surface area contributed by atoms with Gasteiger partial charge in [-0.05, 0) is 50.3 Å². The summed E-state index contributed by atoms with van der Waals surface area (Å²) in [5, 5.41) is 0.754. The predicted molar refractivity (Wildman–Crippen MR) is 143 cm³/mol. The Morgan fingerprint density at radius 3 is 2.09 bits per heavy atom. The van der Waals surface area contributed by atoms with Crippen molar-refractivity contribution in [3.63, 3.8) is 0 Å². The molecule has 2 aliphatic heterocycles. The Balaban J connectivity index is 0.000000435. The smallest absolute Gasteiger partial charge is 0.261 e. The van der Waals surface area contributed by atoms with E-state index in [0.717, 1.165) is 37.6 Å². The zero-order valence-electron chi connectivity index (χ0n) is 22.5. The topological polar surface area (TPSA) is 118 Å². The van der Waals surface area contributed by atoms with Crippen molar-refractivity contribution in [1.82, 2.24) is 9.80 Å². The highest BCUT2D eigenvalue weighted by atomic mass is 35.5. The van der Waals surface area contributed by atoms with Crippen LogP contribution in [0, 0.1) is 0 Å². The number of halogens is 1. The van der Waals surface area contributed by atoms with E-state index < -0.39 is 27.2 Å². The summed E-state index contributed by atoms with van der Waals surface area (Å²) in [4.78, 5) is 8.83. The Kier molecular flexibility index (Phi) is 9.57. The van der Waals surface area contributed by atoms with Gasteiger partial charge in [-0.15, -0.1) is 0 Å². The van der Waals surface area contributed by atoms with Crippen LogP contribution in [-0.4, -0.2) is 94.5 Å². The van der Waals surface area contributed by atoms with Crippen molar-refractivity contribution >= 4 is 55.0 Å². The van der Waals surface area contributed by atoms with E-state index in [2.05, 4.69) is 46.2 Å². The quantitative estimate of drug-likeness (QED) is 0.530. The van der Waals surface area contributed by atoms with Crippen LogP contribution in [0.2, 0.25) is 5.02 Å². The van der Waals surface area contributed by atoms with Gasteiger partial charge in [-0.25, -0.2) is 0 Å². The van der Waals surface area contributed by atoms with Crippen LogP contribution >= 0.6 is 23.4 Å². The van der Waals surface area contributed by atoms with Gasteiger partial charge in [0.05, 0.1) is 23.9 Å². The van der Waals surface area contributed by atoms with Gasteiger partial charge in [0.2, 0.25) is 0 Å². The number of nitrogens with zero attached hydrogens (tertiary/aromatic N) is 3. The molecule has 196 valence electrons. The lowest BCUT2D eigenvalue weighted by Gasteiger charge is -2.35. The lowest BCUT2D eigenvalue weighted by Crippen LogP contribution is -2.45. The maximum Gasteiger partial charge on any atom is 0.261 e. The third-order valence-electron chi connectivity index (χ3n) is 4.82. The first kappa shape index (κ1) is 25.3. The normalized spacial score (nSPS) is 17.9. The van der Waals surface area contributed by atoms with Gasteiger partial charge in [-0.2, -0.15) is 16.8 Å². The van der Waals surface area contributed by atoms with E-state index in [9.17, 15) is 16.8 Å². The number of hydrogen-bond acceptors (Lipinski definition) is 8. The monoisotopic (exact) mass is 568 g/mol. The lowest BCUT2D eigenvalue weighted by molar-refractivity contribution is 0.153. The molecule has 35 heavy (non-hydrogen) atoms. The van der Waals surface area contributed by atoms with Crippen LogP contribution in [0.1, 0.15) is 10.5 Å². The molecule has 0 bridgehead atoms. The van der Waals surface area contributed by atoms with Crippen LogP contribution in [0.4, 0.5) is 11.4 Å². The Morgan fingerprint density at radius 1 is 0.914 bits per heavy atom. The Bertz CT molecular complexity index is 1240. The lowest BCUT2D eigenvalue weighted by atomic mass is 10.2. The summed E-state index contributed by atoms with van der Waals surface area (Å²) in [7, 11) is -7.33. The second kappa shape index (κ2) is 13.2. The second-order valence-electron chi connectivity index (χ2n) is 7.98. The average Bonchev–Trinajstić information content (AvgIpc) is 2.76.